The Kier molecular flexibility index (Phi) is 8.78. The van der Waals surface area contributed by atoms with Crippen LogP contribution >= 0.6 is 0 Å². The Balaban J connectivity index is 1.42. The lowest BCUT2D eigenvalue weighted by molar-refractivity contribution is -0.348. The van der Waals surface area contributed by atoms with E-state index < -0.39 is 85.6 Å². The molecule has 0 spiro atoms. The molecule has 0 amide bonds. The largest absolute Gasteiger partial charge is 0.508 e. The zero-order chi connectivity index (χ0) is 32.2. The van der Waals surface area contributed by atoms with Gasteiger partial charge in [0, 0.05) is 29.2 Å². The Bertz CT molecular complexity index is 1470. The van der Waals surface area contributed by atoms with Gasteiger partial charge in [0.05, 0.1) is 18.3 Å². The van der Waals surface area contributed by atoms with Gasteiger partial charge in [0.25, 0.3) is 0 Å². The Morgan fingerprint density at radius 3 is 2.20 bits per heavy atom. The molecule has 0 radical (unpaired) electrons. The summed E-state index contributed by atoms with van der Waals surface area (Å²) >= 11 is 0. The van der Waals surface area contributed by atoms with Gasteiger partial charge in [-0.25, -0.2) is 0 Å². The SMILES string of the molecule is CC(=O)Oc1c(C)c(OC2OC(C)C(OC3OC(CO)C(O)C(O)C3O)C(O)C2O)cc2c1C(=O)c1ccc(O)cc1C2=O. The number of hydrogen-bond donors (Lipinski definition) is 7. The lowest BCUT2D eigenvalue weighted by atomic mass is 9.82. The second-order valence-corrected chi connectivity index (χ2v) is 10.8. The van der Waals surface area contributed by atoms with E-state index in [1.807, 2.05) is 0 Å². The number of ether oxygens (including phenoxy) is 5. The molecule has 2 aromatic rings. The van der Waals surface area contributed by atoms with Crippen molar-refractivity contribution in [3.63, 3.8) is 0 Å². The third-order valence-electron chi connectivity index (χ3n) is 7.85. The highest BCUT2D eigenvalue weighted by atomic mass is 16.7. The van der Waals surface area contributed by atoms with Crippen LogP contribution in [-0.2, 0) is 19.0 Å². The average Bonchev–Trinajstić information content (AvgIpc) is 2.98. The first-order chi connectivity index (χ1) is 20.7. The number of aliphatic hydroxyl groups excluding tert-OH is 6. The Hall–Kier alpha value is -3.51. The molecule has 10 atom stereocenters. The Labute approximate surface area is 249 Å². The molecule has 1 aliphatic carbocycles. The minimum absolute atomic E-state index is 0.00445. The molecule has 7 N–H and O–H groups in total. The van der Waals surface area contributed by atoms with E-state index in [9.17, 15) is 50.1 Å². The molecule has 2 fully saturated rings. The number of phenols is 1. The summed E-state index contributed by atoms with van der Waals surface area (Å²) in [5.74, 6) is -2.75. The molecular weight excluding hydrogens is 588 g/mol. The standard InChI is InChI=1S/C29H32O15/c1-9-16(7-15-18(26(9)41-11(3)31)20(34)13-5-4-12(32)6-14(13)19(15)33)42-28-25(39)23(37)27(10(2)40-28)44-29-24(38)22(36)21(35)17(8-30)43-29/h4-7,10,17,21-25,27-30,32,35-39H,8H2,1-3H3. The zero-order valence-electron chi connectivity index (χ0n) is 23.7. The summed E-state index contributed by atoms with van der Waals surface area (Å²) in [6, 6.07) is 4.86. The smallest absolute Gasteiger partial charge is 0.308 e. The van der Waals surface area contributed by atoms with E-state index in [-0.39, 0.29) is 45.1 Å². The van der Waals surface area contributed by atoms with Gasteiger partial charge < -0.3 is 59.4 Å². The summed E-state index contributed by atoms with van der Waals surface area (Å²) < 4.78 is 27.9. The van der Waals surface area contributed by atoms with E-state index >= 15 is 0 Å². The van der Waals surface area contributed by atoms with Crippen molar-refractivity contribution in [1.29, 1.82) is 0 Å². The van der Waals surface area contributed by atoms with E-state index in [1.165, 1.54) is 32.0 Å². The maximum atomic E-state index is 13.4. The number of carbonyl (C=O) groups excluding carboxylic acids is 3. The number of carbonyl (C=O) groups is 3. The van der Waals surface area contributed by atoms with Crippen molar-refractivity contribution in [2.24, 2.45) is 0 Å². The van der Waals surface area contributed by atoms with Crippen LogP contribution in [0.4, 0.5) is 0 Å². The minimum atomic E-state index is -1.82. The van der Waals surface area contributed by atoms with Crippen LogP contribution in [0.15, 0.2) is 24.3 Å². The molecule has 44 heavy (non-hydrogen) atoms. The summed E-state index contributed by atoms with van der Waals surface area (Å²) in [4.78, 5) is 38.8. The molecule has 2 saturated heterocycles. The molecule has 15 nitrogen and oxygen atoms in total. The van der Waals surface area contributed by atoms with Crippen molar-refractivity contribution < 1.29 is 73.8 Å². The van der Waals surface area contributed by atoms with Crippen LogP contribution in [0.25, 0.3) is 0 Å². The van der Waals surface area contributed by atoms with Gasteiger partial charge in [-0.3, -0.25) is 14.4 Å². The van der Waals surface area contributed by atoms with E-state index in [2.05, 4.69) is 0 Å². The fourth-order valence-corrected chi connectivity index (χ4v) is 5.48. The third kappa shape index (κ3) is 5.47. The van der Waals surface area contributed by atoms with Crippen molar-refractivity contribution in [2.75, 3.05) is 6.61 Å². The van der Waals surface area contributed by atoms with Crippen LogP contribution < -0.4 is 9.47 Å². The fourth-order valence-electron chi connectivity index (χ4n) is 5.48. The number of rotatable bonds is 6. The molecule has 0 bridgehead atoms. The quantitative estimate of drug-likeness (QED) is 0.122. The number of phenolic OH excluding ortho intramolecular Hbond substituents is 1. The first kappa shape index (κ1) is 31.9. The zero-order valence-corrected chi connectivity index (χ0v) is 23.7. The van der Waals surface area contributed by atoms with E-state index in [1.54, 1.807) is 0 Å². The molecule has 15 heteroatoms. The summed E-state index contributed by atoms with van der Waals surface area (Å²) in [6.45, 7) is 3.27. The van der Waals surface area contributed by atoms with E-state index in [0.29, 0.717) is 0 Å². The summed E-state index contributed by atoms with van der Waals surface area (Å²) in [5, 5.41) is 71.6. The number of aliphatic hydroxyl groups is 6. The normalized spacial score (nSPS) is 33.4. The molecule has 2 heterocycles. The predicted molar refractivity (Wildman–Crippen MR) is 143 cm³/mol. The molecule has 2 aliphatic heterocycles. The number of ketones is 2. The predicted octanol–water partition coefficient (Wildman–Crippen LogP) is -1.57. The van der Waals surface area contributed by atoms with Gasteiger partial charge in [0.15, 0.2) is 17.9 Å². The van der Waals surface area contributed by atoms with Crippen LogP contribution in [0, 0.1) is 6.92 Å². The summed E-state index contributed by atoms with van der Waals surface area (Å²) in [6.07, 6.45) is -15.6. The number of esters is 1. The molecular formula is C29H32O15. The molecule has 10 unspecified atom stereocenters. The number of benzene rings is 2. The van der Waals surface area contributed by atoms with Gasteiger partial charge in [0.2, 0.25) is 6.29 Å². The second-order valence-electron chi connectivity index (χ2n) is 10.8. The van der Waals surface area contributed by atoms with Gasteiger partial charge in [0.1, 0.15) is 60.0 Å². The maximum Gasteiger partial charge on any atom is 0.308 e. The van der Waals surface area contributed by atoms with Crippen molar-refractivity contribution in [1.82, 2.24) is 0 Å². The molecule has 238 valence electrons. The average molecular weight is 621 g/mol. The van der Waals surface area contributed by atoms with Gasteiger partial charge in [-0.1, -0.05) is 0 Å². The van der Waals surface area contributed by atoms with Crippen LogP contribution in [0.2, 0.25) is 0 Å². The van der Waals surface area contributed by atoms with Crippen LogP contribution in [-0.4, -0.2) is 121 Å². The fraction of sp³-hybridized carbons (Fsp3) is 0.483. The van der Waals surface area contributed by atoms with Crippen LogP contribution in [0.3, 0.4) is 0 Å². The second kappa shape index (κ2) is 12.1. The van der Waals surface area contributed by atoms with Gasteiger partial charge in [-0.15, -0.1) is 0 Å². The lowest BCUT2D eigenvalue weighted by Crippen LogP contribution is -2.64. The third-order valence-corrected chi connectivity index (χ3v) is 7.85. The first-order valence-electron chi connectivity index (χ1n) is 13.7. The van der Waals surface area contributed by atoms with E-state index in [0.717, 1.165) is 13.0 Å². The van der Waals surface area contributed by atoms with Crippen molar-refractivity contribution >= 4 is 17.5 Å². The van der Waals surface area contributed by atoms with Gasteiger partial charge in [-0.05, 0) is 38.1 Å². The highest BCUT2D eigenvalue weighted by Gasteiger charge is 2.50. The highest BCUT2D eigenvalue weighted by molar-refractivity contribution is 6.29. The monoisotopic (exact) mass is 620 g/mol. The van der Waals surface area contributed by atoms with Crippen LogP contribution in [0.1, 0.15) is 51.3 Å². The summed E-state index contributed by atoms with van der Waals surface area (Å²) in [7, 11) is 0. The highest BCUT2D eigenvalue weighted by Crippen LogP contribution is 2.42. The molecule has 0 aromatic heterocycles. The Morgan fingerprint density at radius 2 is 1.55 bits per heavy atom. The topological polar surface area (TPSA) is 239 Å². The first-order valence-corrected chi connectivity index (χ1v) is 13.7. The maximum absolute atomic E-state index is 13.4. The number of fused-ring (bicyclic) bond motifs is 2. The van der Waals surface area contributed by atoms with Gasteiger partial charge >= 0.3 is 5.97 Å². The number of aromatic hydroxyl groups is 1. The molecule has 2 aromatic carbocycles. The molecule has 3 aliphatic rings. The number of hydrogen-bond acceptors (Lipinski definition) is 15. The van der Waals surface area contributed by atoms with E-state index in [4.69, 9.17) is 23.7 Å². The molecule has 5 rings (SSSR count). The molecule has 0 saturated carbocycles. The Morgan fingerprint density at radius 1 is 0.864 bits per heavy atom. The lowest BCUT2D eigenvalue weighted by Gasteiger charge is -2.45. The summed E-state index contributed by atoms with van der Waals surface area (Å²) in [5.41, 5.74) is -0.389. The minimum Gasteiger partial charge on any atom is -0.508 e. The van der Waals surface area contributed by atoms with Crippen LogP contribution in [0.5, 0.6) is 17.2 Å². The van der Waals surface area contributed by atoms with Gasteiger partial charge in [-0.2, -0.15) is 0 Å². The van der Waals surface area contributed by atoms with Crippen molar-refractivity contribution in [3.8, 4) is 17.2 Å². The van der Waals surface area contributed by atoms with Crippen molar-refractivity contribution in [2.45, 2.75) is 82.2 Å². The van der Waals surface area contributed by atoms with Crippen molar-refractivity contribution in [3.05, 3.63) is 52.1 Å².